The van der Waals surface area contributed by atoms with E-state index in [1.165, 1.54) is 0 Å². The fraction of sp³-hybridized carbons (Fsp3) is 0.222. The molecule has 0 aliphatic heterocycles. The number of amides is 1. The van der Waals surface area contributed by atoms with Gasteiger partial charge in [-0.2, -0.15) is 0 Å². The minimum absolute atomic E-state index is 0.196. The SMILES string of the molecule is NCC(N)NC(=O)c1ccccc1. The van der Waals surface area contributed by atoms with Gasteiger partial charge < -0.3 is 16.8 Å². The third-order valence-corrected chi connectivity index (χ3v) is 1.61. The van der Waals surface area contributed by atoms with Crippen LogP contribution < -0.4 is 16.8 Å². The maximum atomic E-state index is 11.4. The van der Waals surface area contributed by atoms with Gasteiger partial charge in [-0.25, -0.2) is 0 Å². The van der Waals surface area contributed by atoms with E-state index < -0.39 is 6.17 Å². The molecule has 0 bridgehead atoms. The van der Waals surface area contributed by atoms with Gasteiger partial charge >= 0.3 is 0 Å². The van der Waals surface area contributed by atoms with Crippen molar-refractivity contribution in [2.24, 2.45) is 11.5 Å². The molecule has 0 spiro atoms. The third-order valence-electron chi connectivity index (χ3n) is 1.61. The second kappa shape index (κ2) is 4.59. The monoisotopic (exact) mass is 179 g/mol. The Labute approximate surface area is 76.9 Å². The molecule has 1 amide bonds. The van der Waals surface area contributed by atoms with Gasteiger partial charge in [-0.1, -0.05) is 18.2 Å². The van der Waals surface area contributed by atoms with E-state index in [0.717, 1.165) is 0 Å². The Morgan fingerprint density at radius 1 is 1.38 bits per heavy atom. The van der Waals surface area contributed by atoms with Crippen LogP contribution in [0.4, 0.5) is 0 Å². The Kier molecular flexibility index (Phi) is 3.42. The van der Waals surface area contributed by atoms with Crippen LogP contribution in [0.3, 0.4) is 0 Å². The van der Waals surface area contributed by atoms with Crippen molar-refractivity contribution in [1.29, 1.82) is 0 Å². The van der Waals surface area contributed by atoms with Gasteiger partial charge in [0.25, 0.3) is 5.91 Å². The lowest BCUT2D eigenvalue weighted by Crippen LogP contribution is -2.46. The van der Waals surface area contributed by atoms with E-state index in [4.69, 9.17) is 11.5 Å². The Morgan fingerprint density at radius 2 is 2.00 bits per heavy atom. The van der Waals surface area contributed by atoms with E-state index >= 15 is 0 Å². The minimum atomic E-state index is -0.479. The first-order valence-corrected chi connectivity index (χ1v) is 4.05. The molecule has 0 fully saturated rings. The topological polar surface area (TPSA) is 81.1 Å². The summed E-state index contributed by atoms with van der Waals surface area (Å²) in [7, 11) is 0. The Bertz CT molecular complexity index is 273. The first-order chi connectivity index (χ1) is 6.24. The molecule has 0 heterocycles. The zero-order valence-electron chi connectivity index (χ0n) is 7.23. The van der Waals surface area contributed by atoms with E-state index in [-0.39, 0.29) is 12.5 Å². The molecule has 70 valence electrons. The average molecular weight is 179 g/mol. The number of benzene rings is 1. The lowest BCUT2D eigenvalue weighted by molar-refractivity contribution is 0.0939. The molecule has 0 radical (unpaired) electrons. The summed E-state index contributed by atoms with van der Waals surface area (Å²) < 4.78 is 0. The highest BCUT2D eigenvalue weighted by atomic mass is 16.1. The number of carbonyl (C=O) groups is 1. The van der Waals surface area contributed by atoms with Gasteiger partial charge in [-0.3, -0.25) is 4.79 Å². The van der Waals surface area contributed by atoms with Gasteiger partial charge in [0, 0.05) is 12.1 Å². The van der Waals surface area contributed by atoms with Gasteiger partial charge in [0.15, 0.2) is 0 Å². The smallest absolute Gasteiger partial charge is 0.252 e. The highest BCUT2D eigenvalue weighted by molar-refractivity contribution is 5.94. The molecular weight excluding hydrogens is 166 g/mol. The molecule has 5 N–H and O–H groups in total. The molecule has 1 aromatic carbocycles. The maximum Gasteiger partial charge on any atom is 0.252 e. The largest absolute Gasteiger partial charge is 0.336 e. The van der Waals surface area contributed by atoms with E-state index in [1.807, 2.05) is 6.07 Å². The summed E-state index contributed by atoms with van der Waals surface area (Å²) in [6, 6.07) is 8.88. The van der Waals surface area contributed by atoms with Crippen molar-refractivity contribution in [2.75, 3.05) is 6.54 Å². The van der Waals surface area contributed by atoms with Crippen molar-refractivity contribution in [3.05, 3.63) is 35.9 Å². The highest BCUT2D eigenvalue weighted by Crippen LogP contribution is 1.97. The van der Waals surface area contributed by atoms with Crippen LogP contribution >= 0.6 is 0 Å². The van der Waals surface area contributed by atoms with Crippen molar-refractivity contribution in [3.63, 3.8) is 0 Å². The molecule has 1 rings (SSSR count). The summed E-state index contributed by atoms with van der Waals surface area (Å²) in [6.07, 6.45) is -0.479. The lowest BCUT2D eigenvalue weighted by atomic mass is 10.2. The van der Waals surface area contributed by atoms with Gasteiger partial charge in [-0.05, 0) is 12.1 Å². The van der Waals surface area contributed by atoms with Crippen molar-refractivity contribution in [3.8, 4) is 0 Å². The molecule has 1 aromatic rings. The Morgan fingerprint density at radius 3 is 2.54 bits per heavy atom. The molecule has 0 aliphatic carbocycles. The summed E-state index contributed by atoms with van der Waals surface area (Å²) in [4.78, 5) is 11.4. The molecular formula is C9H13N3O. The zero-order chi connectivity index (χ0) is 9.68. The first-order valence-electron chi connectivity index (χ1n) is 4.05. The normalized spacial score (nSPS) is 12.2. The molecule has 0 aliphatic rings. The summed E-state index contributed by atoms with van der Waals surface area (Å²) in [6.45, 7) is 0.235. The molecule has 0 aromatic heterocycles. The molecule has 0 saturated heterocycles. The lowest BCUT2D eigenvalue weighted by Gasteiger charge is -2.10. The fourth-order valence-electron chi connectivity index (χ4n) is 0.900. The average Bonchev–Trinajstić information content (AvgIpc) is 2.19. The van der Waals surface area contributed by atoms with Crippen LogP contribution in [0.15, 0.2) is 30.3 Å². The van der Waals surface area contributed by atoms with E-state index in [2.05, 4.69) is 5.32 Å². The van der Waals surface area contributed by atoms with Crippen LogP contribution in [0.25, 0.3) is 0 Å². The van der Waals surface area contributed by atoms with Crippen LogP contribution in [0.5, 0.6) is 0 Å². The van der Waals surface area contributed by atoms with Crippen molar-refractivity contribution < 1.29 is 4.79 Å². The quantitative estimate of drug-likeness (QED) is 0.555. The minimum Gasteiger partial charge on any atom is -0.336 e. The summed E-state index contributed by atoms with van der Waals surface area (Å²) >= 11 is 0. The van der Waals surface area contributed by atoms with E-state index in [1.54, 1.807) is 24.3 Å². The van der Waals surface area contributed by atoms with Gasteiger partial charge in [0.1, 0.15) is 0 Å². The first kappa shape index (κ1) is 9.70. The van der Waals surface area contributed by atoms with Crippen molar-refractivity contribution >= 4 is 5.91 Å². The maximum absolute atomic E-state index is 11.4. The molecule has 1 unspecified atom stereocenters. The van der Waals surface area contributed by atoms with Crippen LogP contribution in [0.2, 0.25) is 0 Å². The van der Waals surface area contributed by atoms with E-state index in [0.29, 0.717) is 5.56 Å². The second-order valence-electron chi connectivity index (χ2n) is 2.68. The molecule has 13 heavy (non-hydrogen) atoms. The summed E-state index contributed by atoms with van der Waals surface area (Å²) in [5.41, 5.74) is 11.3. The summed E-state index contributed by atoms with van der Waals surface area (Å²) in [5.74, 6) is -0.196. The number of hydrogen-bond acceptors (Lipinski definition) is 3. The van der Waals surface area contributed by atoms with Gasteiger partial charge in [-0.15, -0.1) is 0 Å². The molecule has 0 saturated carbocycles. The van der Waals surface area contributed by atoms with Crippen LogP contribution in [0.1, 0.15) is 10.4 Å². The summed E-state index contributed by atoms with van der Waals surface area (Å²) in [5, 5.41) is 2.56. The number of rotatable bonds is 3. The number of carbonyl (C=O) groups excluding carboxylic acids is 1. The fourth-order valence-corrected chi connectivity index (χ4v) is 0.900. The number of hydrogen-bond donors (Lipinski definition) is 3. The van der Waals surface area contributed by atoms with E-state index in [9.17, 15) is 4.79 Å². The van der Waals surface area contributed by atoms with Crippen LogP contribution in [0, 0.1) is 0 Å². The van der Waals surface area contributed by atoms with Crippen molar-refractivity contribution in [2.45, 2.75) is 6.17 Å². The Hall–Kier alpha value is -1.39. The number of nitrogens with one attached hydrogen (secondary N) is 1. The third kappa shape index (κ3) is 2.85. The standard InChI is InChI=1S/C9H13N3O/c10-6-8(11)12-9(13)7-4-2-1-3-5-7/h1-5,8H,6,10-11H2,(H,12,13). The zero-order valence-corrected chi connectivity index (χ0v) is 7.23. The molecule has 4 heteroatoms. The highest BCUT2D eigenvalue weighted by Gasteiger charge is 2.06. The molecule has 1 atom stereocenters. The van der Waals surface area contributed by atoms with Crippen LogP contribution in [-0.4, -0.2) is 18.6 Å². The number of nitrogens with two attached hydrogens (primary N) is 2. The molecule has 4 nitrogen and oxygen atoms in total. The van der Waals surface area contributed by atoms with Gasteiger partial charge in [0.05, 0.1) is 6.17 Å². The predicted molar refractivity (Wildman–Crippen MR) is 50.9 cm³/mol. The van der Waals surface area contributed by atoms with Gasteiger partial charge in [0.2, 0.25) is 0 Å². The van der Waals surface area contributed by atoms with Crippen LogP contribution in [-0.2, 0) is 0 Å². The predicted octanol–water partition coefficient (Wildman–Crippen LogP) is -0.340. The second-order valence-corrected chi connectivity index (χ2v) is 2.68. The Balaban J connectivity index is 2.59. The van der Waals surface area contributed by atoms with Crippen molar-refractivity contribution in [1.82, 2.24) is 5.32 Å².